The van der Waals surface area contributed by atoms with Crippen LogP contribution < -0.4 is 10.1 Å². The Kier molecular flexibility index (Phi) is 6.12. The Hall–Kier alpha value is -2.53. The summed E-state index contributed by atoms with van der Waals surface area (Å²) in [6.07, 6.45) is 2.58. The molecule has 5 heteroatoms. The molecule has 138 valence electrons. The van der Waals surface area contributed by atoms with Gasteiger partial charge in [0.25, 0.3) is 0 Å². The van der Waals surface area contributed by atoms with Gasteiger partial charge in [-0.2, -0.15) is 0 Å². The van der Waals surface area contributed by atoms with Gasteiger partial charge in [0.2, 0.25) is 0 Å². The average Bonchev–Trinajstić information content (AvgIpc) is 3.47. The van der Waals surface area contributed by atoms with Crippen LogP contribution in [-0.4, -0.2) is 31.7 Å². The van der Waals surface area contributed by atoms with Crippen molar-refractivity contribution >= 4 is 11.7 Å². The number of carbonyl (C=O) groups excluding carboxylic acids is 1. The number of nitrogens with one attached hydrogen (secondary N) is 1. The van der Waals surface area contributed by atoms with Gasteiger partial charge in [-0.05, 0) is 54.2 Å². The minimum Gasteiger partial charge on any atom is -0.497 e. The van der Waals surface area contributed by atoms with Crippen molar-refractivity contribution in [2.24, 2.45) is 5.92 Å². The van der Waals surface area contributed by atoms with Crippen molar-refractivity contribution in [3.05, 3.63) is 59.7 Å². The highest BCUT2D eigenvalue weighted by molar-refractivity contribution is 5.89. The van der Waals surface area contributed by atoms with Crippen LogP contribution >= 0.6 is 0 Å². The third-order valence-corrected chi connectivity index (χ3v) is 4.42. The second-order valence-electron chi connectivity index (χ2n) is 6.79. The largest absolute Gasteiger partial charge is 0.497 e. The molecule has 2 aromatic carbocycles. The van der Waals surface area contributed by atoms with Crippen LogP contribution in [0.5, 0.6) is 5.75 Å². The van der Waals surface area contributed by atoms with E-state index in [4.69, 9.17) is 9.47 Å². The van der Waals surface area contributed by atoms with E-state index in [9.17, 15) is 4.79 Å². The number of hydrogen-bond acceptors (Lipinski definition) is 3. The summed E-state index contributed by atoms with van der Waals surface area (Å²) < 4.78 is 10.9. The van der Waals surface area contributed by atoms with Crippen LogP contribution in [0.3, 0.4) is 0 Å². The molecule has 2 amide bonds. The lowest BCUT2D eigenvalue weighted by atomic mass is 10.2. The van der Waals surface area contributed by atoms with Crippen LogP contribution in [0.15, 0.2) is 48.5 Å². The highest BCUT2D eigenvalue weighted by atomic mass is 16.5. The minimum atomic E-state index is -0.142. The first-order chi connectivity index (χ1) is 12.6. The molecule has 26 heavy (non-hydrogen) atoms. The lowest BCUT2D eigenvalue weighted by Crippen LogP contribution is -2.30. The molecular formula is C21H26N2O3. The van der Waals surface area contributed by atoms with Crippen LogP contribution in [0.2, 0.25) is 0 Å². The van der Waals surface area contributed by atoms with E-state index in [0.29, 0.717) is 13.2 Å². The Morgan fingerprint density at radius 3 is 2.62 bits per heavy atom. The van der Waals surface area contributed by atoms with E-state index in [0.717, 1.165) is 35.1 Å². The summed E-state index contributed by atoms with van der Waals surface area (Å²) in [6, 6.07) is 15.4. The van der Waals surface area contributed by atoms with Crippen LogP contribution in [0, 0.1) is 5.92 Å². The monoisotopic (exact) mass is 354 g/mol. The maximum absolute atomic E-state index is 12.4. The van der Waals surface area contributed by atoms with E-state index >= 15 is 0 Å². The van der Waals surface area contributed by atoms with Crippen LogP contribution in [-0.2, 0) is 17.9 Å². The zero-order chi connectivity index (χ0) is 18.4. The molecule has 1 N–H and O–H groups in total. The molecule has 0 aromatic heterocycles. The standard InChI is InChI=1S/C21H26N2O3/c1-23(13-16-8-10-20(25-2)11-9-16)21(24)22-19-5-3-4-18(12-19)15-26-14-17-6-7-17/h3-5,8-12,17H,6-7,13-15H2,1-2H3,(H,22,24). The Balaban J connectivity index is 1.50. The molecule has 1 saturated carbocycles. The molecule has 1 aliphatic carbocycles. The number of hydrogen-bond donors (Lipinski definition) is 1. The molecular weight excluding hydrogens is 328 g/mol. The lowest BCUT2D eigenvalue weighted by Gasteiger charge is -2.18. The van der Waals surface area contributed by atoms with Gasteiger partial charge in [-0.25, -0.2) is 4.79 Å². The number of rotatable bonds is 8. The minimum absolute atomic E-state index is 0.142. The number of ether oxygens (including phenoxy) is 2. The predicted molar refractivity (Wildman–Crippen MR) is 102 cm³/mol. The first kappa shape index (κ1) is 18.3. The van der Waals surface area contributed by atoms with Gasteiger partial charge in [0.1, 0.15) is 5.75 Å². The number of amides is 2. The quantitative estimate of drug-likeness (QED) is 0.769. The fraction of sp³-hybridized carbons (Fsp3) is 0.381. The van der Waals surface area contributed by atoms with E-state index in [1.807, 2.05) is 48.5 Å². The number of carbonyl (C=O) groups is 1. The van der Waals surface area contributed by atoms with Crippen molar-refractivity contribution in [1.82, 2.24) is 4.90 Å². The molecule has 0 atom stereocenters. The van der Waals surface area contributed by atoms with Crippen LogP contribution in [0.25, 0.3) is 0 Å². The van der Waals surface area contributed by atoms with E-state index < -0.39 is 0 Å². The Morgan fingerprint density at radius 1 is 1.15 bits per heavy atom. The third-order valence-electron chi connectivity index (χ3n) is 4.42. The highest BCUT2D eigenvalue weighted by Crippen LogP contribution is 2.29. The molecule has 1 fully saturated rings. The Labute approximate surface area is 154 Å². The average molecular weight is 354 g/mol. The predicted octanol–water partition coefficient (Wildman–Crippen LogP) is 4.29. The van der Waals surface area contributed by atoms with Crippen molar-refractivity contribution in [2.45, 2.75) is 26.0 Å². The van der Waals surface area contributed by atoms with Gasteiger partial charge in [0, 0.05) is 25.9 Å². The van der Waals surface area contributed by atoms with Crippen molar-refractivity contribution in [1.29, 1.82) is 0 Å². The number of urea groups is 1. The molecule has 0 radical (unpaired) electrons. The van der Waals surface area contributed by atoms with Crippen molar-refractivity contribution in [3.8, 4) is 5.75 Å². The number of methoxy groups -OCH3 is 1. The van der Waals surface area contributed by atoms with E-state index in [1.165, 1.54) is 12.8 Å². The Bertz CT molecular complexity index is 726. The normalized spacial score (nSPS) is 13.3. The summed E-state index contributed by atoms with van der Waals surface area (Å²) in [7, 11) is 3.42. The zero-order valence-corrected chi connectivity index (χ0v) is 15.4. The summed E-state index contributed by atoms with van der Waals surface area (Å²) in [6.45, 7) is 1.95. The van der Waals surface area contributed by atoms with Gasteiger partial charge in [-0.1, -0.05) is 24.3 Å². The summed E-state index contributed by atoms with van der Waals surface area (Å²) >= 11 is 0. The molecule has 1 aliphatic rings. The molecule has 0 heterocycles. The van der Waals surface area contributed by atoms with E-state index in [1.54, 1.807) is 19.1 Å². The lowest BCUT2D eigenvalue weighted by molar-refractivity contribution is 0.111. The molecule has 0 bridgehead atoms. The van der Waals surface area contributed by atoms with Gasteiger partial charge >= 0.3 is 6.03 Å². The molecule has 3 rings (SSSR count). The molecule has 2 aromatic rings. The van der Waals surface area contributed by atoms with Gasteiger partial charge < -0.3 is 19.7 Å². The van der Waals surface area contributed by atoms with Gasteiger partial charge in [-0.3, -0.25) is 0 Å². The molecule has 5 nitrogen and oxygen atoms in total. The fourth-order valence-electron chi connectivity index (χ4n) is 2.66. The molecule has 0 aliphatic heterocycles. The van der Waals surface area contributed by atoms with Crippen LogP contribution in [0.4, 0.5) is 10.5 Å². The van der Waals surface area contributed by atoms with Crippen molar-refractivity contribution in [2.75, 3.05) is 26.1 Å². The zero-order valence-electron chi connectivity index (χ0n) is 15.4. The maximum atomic E-state index is 12.4. The number of benzene rings is 2. The SMILES string of the molecule is COc1ccc(CN(C)C(=O)Nc2cccc(COCC3CC3)c2)cc1. The third kappa shape index (κ3) is 5.49. The first-order valence-electron chi connectivity index (χ1n) is 8.96. The number of nitrogens with zero attached hydrogens (tertiary/aromatic N) is 1. The van der Waals surface area contributed by atoms with E-state index in [2.05, 4.69) is 5.32 Å². The summed E-state index contributed by atoms with van der Waals surface area (Å²) in [5.41, 5.74) is 2.90. The van der Waals surface area contributed by atoms with Crippen LogP contribution in [0.1, 0.15) is 24.0 Å². The smallest absolute Gasteiger partial charge is 0.321 e. The summed E-state index contributed by atoms with van der Waals surface area (Å²) in [5.74, 6) is 1.56. The second-order valence-corrected chi connectivity index (χ2v) is 6.79. The van der Waals surface area contributed by atoms with Crippen molar-refractivity contribution in [3.63, 3.8) is 0 Å². The van der Waals surface area contributed by atoms with Gasteiger partial charge in [0.05, 0.1) is 13.7 Å². The van der Waals surface area contributed by atoms with Gasteiger partial charge in [0.15, 0.2) is 0 Å². The molecule has 0 spiro atoms. The maximum Gasteiger partial charge on any atom is 0.321 e. The highest BCUT2D eigenvalue weighted by Gasteiger charge is 2.21. The Morgan fingerprint density at radius 2 is 1.92 bits per heavy atom. The van der Waals surface area contributed by atoms with E-state index in [-0.39, 0.29) is 6.03 Å². The van der Waals surface area contributed by atoms with Crippen molar-refractivity contribution < 1.29 is 14.3 Å². The first-order valence-corrected chi connectivity index (χ1v) is 8.96. The topological polar surface area (TPSA) is 50.8 Å². The summed E-state index contributed by atoms with van der Waals surface area (Å²) in [5, 5.41) is 2.94. The second kappa shape index (κ2) is 8.72. The number of anilines is 1. The summed E-state index contributed by atoms with van der Waals surface area (Å²) in [4.78, 5) is 14.1. The molecule has 0 unspecified atom stereocenters. The van der Waals surface area contributed by atoms with Gasteiger partial charge in [-0.15, -0.1) is 0 Å². The fourth-order valence-corrected chi connectivity index (χ4v) is 2.66. The molecule has 0 saturated heterocycles.